The van der Waals surface area contributed by atoms with Crippen LogP contribution in [-0.4, -0.2) is 42.4 Å². The third-order valence-corrected chi connectivity index (χ3v) is 7.80. The van der Waals surface area contributed by atoms with Gasteiger partial charge in [-0.2, -0.15) is 4.31 Å². The van der Waals surface area contributed by atoms with Gasteiger partial charge in [0.2, 0.25) is 10.0 Å². The Bertz CT molecular complexity index is 886. The van der Waals surface area contributed by atoms with Gasteiger partial charge in [0.15, 0.2) is 0 Å². The van der Waals surface area contributed by atoms with Crippen LogP contribution in [0.3, 0.4) is 0 Å². The molecule has 1 spiro atoms. The van der Waals surface area contributed by atoms with Crippen molar-refractivity contribution in [3.63, 3.8) is 0 Å². The molecule has 1 aromatic heterocycles. The van der Waals surface area contributed by atoms with E-state index in [0.29, 0.717) is 23.4 Å². The van der Waals surface area contributed by atoms with Crippen molar-refractivity contribution in [2.45, 2.75) is 35.7 Å². The Morgan fingerprint density at radius 2 is 2.13 bits per heavy atom. The van der Waals surface area contributed by atoms with E-state index in [2.05, 4.69) is 10.3 Å². The van der Waals surface area contributed by atoms with Crippen molar-refractivity contribution in [2.75, 3.05) is 13.1 Å². The lowest BCUT2D eigenvalue weighted by atomic mass is 9.99. The van der Waals surface area contributed by atoms with E-state index < -0.39 is 10.0 Å². The van der Waals surface area contributed by atoms with Crippen LogP contribution in [0.1, 0.15) is 19.3 Å². The second-order valence-electron chi connectivity index (χ2n) is 6.97. The highest BCUT2D eigenvalue weighted by atomic mass is 32.2. The van der Waals surface area contributed by atoms with Crippen LogP contribution < -0.4 is 5.32 Å². The second kappa shape index (κ2) is 4.53. The molecule has 120 valence electrons. The Labute approximate surface area is 135 Å². The summed E-state index contributed by atoms with van der Waals surface area (Å²) in [5.41, 5.74) is -0.171. The van der Waals surface area contributed by atoms with E-state index in [1.54, 1.807) is 28.8 Å². The predicted octanol–water partition coefficient (Wildman–Crippen LogP) is 1.75. The fourth-order valence-corrected chi connectivity index (χ4v) is 6.71. The zero-order chi connectivity index (χ0) is 15.7. The summed E-state index contributed by atoms with van der Waals surface area (Å²) in [6, 6.07) is 7.60. The minimum absolute atomic E-state index is 0.171. The van der Waals surface area contributed by atoms with Gasteiger partial charge in [-0.15, -0.1) is 0 Å². The monoisotopic (exact) mass is 329 g/mol. The molecule has 1 N–H and O–H groups in total. The van der Waals surface area contributed by atoms with Crippen molar-refractivity contribution in [1.29, 1.82) is 0 Å². The lowest BCUT2D eigenvalue weighted by Crippen LogP contribution is -2.46. The van der Waals surface area contributed by atoms with Crippen molar-refractivity contribution in [3.05, 3.63) is 36.7 Å². The summed E-state index contributed by atoms with van der Waals surface area (Å²) in [6.45, 7) is 1.67. The van der Waals surface area contributed by atoms with E-state index in [4.69, 9.17) is 0 Å². The summed E-state index contributed by atoms with van der Waals surface area (Å²) in [5.74, 6) is 0.462. The Kier molecular flexibility index (Phi) is 2.73. The molecular weight excluding hydrogens is 310 g/mol. The van der Waals surface area contributed by atoms with E-state index in [9.17, 15) is 8.42 Å². The first kappa shape index (κ1) is 13.9. The Balaban J connectivity index is 1.65. The summed E-state index contributed by atoms with van der Waals surface area (Å²) in [4.78, 5) is 4.52. The largest absolute Gasteiger partial charge is 0.312 e. The van der Waals surface area contributed by atoms with Crippen molar-refractivity contribution in [1.82, 2.24) is 14.6 Å². The summed E-state index contributed by atoms with van der Waals surface area (Å²) < 4.78 is 28.6. The molecule has 6 heteroatoms. The van der Waals surface area contributed by atoms with E-state index >= 15 is 0 Å². The molecule has 3 heterocycles. The molecule has 2 aromatic rings. The zero-order valence-corrected chi connectivity index (χ0v) is 13.6. The number of hydrogen-bond donors (Lipinski definition) is 1. The van der Waals surface area contributed by atoms with Crippen LogP contribution >= 0.6 is 0 Å². The third-order valence-electron chi connectivity index (χ3n) is 5.80. The second-order valence-corrected chi connectivity index (χ2v) is 8.80. The molecule has 5 nitrogen and oxygen atoms in total. The van der Waals surface area contributed by atoms with Crippen LogP contribution in [0.25, 0.3) is 10.8 Å². The molecule has 2 unspecified atom stereocenters. The molecule has 3 aliphatic rings. The van der Waals surface area contributed by atoms with Gasteiger partial charge in [-0.05, 0) is 43.9 Å². The topological polar surface area (TPSA) is 62.3 Å². The number of benzene rings is 1. The van der Waals surface area contributed by atoms with Crippen LogP contribution in [0.5, 0.6) is 0 Å². The Morgan fingerprint density at radius 3 is 2.96 bits per heavy atom. The van der Waals surface area contributed by atoms with Gasteiger partial charge >= 0.3 is 0 Å². The fourth-order valence-electron chi connectivity index (χ4n) is 4.60. The minimum Gasteiger partial charge on any atom is -0.312 e. The number of nitrogens with one attached hydrogen (secondary N) is 1. The minimum atomic E-state index is -3.49. The van der Waals surface area contributed by atoms with E-state index in [1.165, 1.54) is 0 Å². The summed E-state index contributed by atoms with van der Waals surface area (Å²) in [7, 11) is -3.49. The average molecular weight is 329 g/mol. The van der Waals surface area contributed by atoms with Crippen molar-refractivity contribution in [2.24, 2.45) is 5.92 Å². The molecule has 3 fully saturated rings. The van der Waals surface area contributed by atoms with E-state index in [0.717, 1.165) is 36.6 Å². The highest BCUT2D eigenvalue weighted by molar-refractivity contribution is 7.89. The number of hydrogen-bond acceptors (Lipinski definition) is 4. The molecule has 1 aromatic carbocycles. The van der Waals surface area contributed by atoms with Gasteiger partial charge in [0, 0.05) is 35.8 Å². The average Bonchev–Trinajstić information content (AvgIpc) is 3.10. The molecule has 1 aliphatic carbocycles. The van der Waals surface area contributed by atoms with Crippen molar-refractivity contribution < 1.29 is 8.42 Å². The van der Waals surface area contributed by atoms with E-state index in [1.807, 2.05) is 12.1 Å². The highest BCUT2D eigenvalue weighted by Crippen LogP contribution is 2.55. The first-order valence-corrected chi connectivity index (χ1v) is 9.66. The number of rotatable bonds is 2. The van der Waals surface area contributed by atoms with Gasteiger partial charge in [0.25, 0.3) is 0 Å². The molecule has 5 rings (SSSR count). The maximum absolute atomic E-state index is 13.4. The van der Waals surface area contributed by atoms with Crippen LogP contribution in [-0.2, 0) is 10.0 Å². The van der Waals surface area contributed by atoms with Crippen LogP contribution in [0.2, 0.25) is 0 Å². The molecule has 2 aliphatic heterocycles. The Hall–Kier alpha value is -1.50. The number of nitrogens with zero attached hydrogens (tertiary/aromatic N) is 2. The number of sulfonamides is 1. The molecular formula is C17H19N3O2S. The van der Waals surface area contributed by atoms with Crippen molar-refractivity contribution in [3.8, 4) is 0 Å². The highest BCUT2D eigenvalue weighted by Gasteiger charge is 2.65. The molecule has 1 saturated carbocycles. The van der Waals surface area contributed by atoms with Crippen LogP contribution in [0.15, 0.2) is 41.6 Å². The lowest BCUT2D eigenvalue weighted by molar-refractivity contribution is 0.333. The zero-order valence-electron chi connectivity index (χ0n) is 12.8. The lowest BCUT2D eigenvalue weighted by Gasteiger charge is -2.27. The van der Waals surface area contributed by atoms with Gasteiger partial charge in [0.1, 0.15) is 0 Å². The molecule has 2 saturated heterocycles. The number of fused-ring (bicyclic) bond motifs is 3. The molecule has 0 bridgehead atoms. The smallest absolute Gasteiger partial charge is 0.244 e. The summed E-state index contributed by atoms with van der Waals surface area (Å²) in [5, 5.41) is 5.18. The first-order chi connectivity index (χ1) is 11.1. The maximum atomic E-state index is 13.4. The molecule has 23 heavy (non-hydrogen) atoms. The van der Waals surface area contributed by atoms with Gasteiger partial charge in [-0.1, -0.05) is 12.1 Å². The molecule has 0 radical (unpaired) electrons. The van der Waals surface area contributed by atoms with Gasteiger partial charge in [-0.3, -0.25) is 4.98 Å². The van der Waals surface area contributed by atoms with Crippen LogP contribution in [0, 0.1) is 5.92 Å². The summed E-state index contributed by atoms with van der Waals surface area (Å²) >= 11 is 0. The quantitative estimate of drug-likeness (QED) is 0.912. The predicted molar refractivity (Wildman–Crippen MR) is 87.5 cm³/mol. The van der Waals surface area contributed by atoms with E-state index in [-0.39, 0.29) is 5.54 Å². The normalized spacial score (nSPS) is 29.2. The molecule has 2 atom stereocenters. The molecule has 0 amide bonds. The maximum Gasteiger partial charge on any atom is 0.244 e. The third kappa shape index (κ3) is 1.80. The van der Waals surface area contributed by atoms with Gasteiger partial charge in [-0.25, -0.2) is 8.42 Å². The fraction of sp³-hybridized carbons (Fsp3) is 0.471. The van der Waals surface area contributed by atoms with Crippen molar-refractivity contribution >= 4 is 20.8 Å². The summed E-state index contributed by atoms with van der Waals surface area (Å²) in [6.07, 6.45) is 6.42. The Morgan fingerprint density at radius 1 is 1.26 bits per heavy atom. The number of pyridine rings is 1. The standard InChI is InChI=1S/C17H19N3O2S/c21-23(22,15-3-1-2-12-10-18-8-5-14(12)15)20-11-13-4-9-19-16(13)17(20)6-7-17/h1-3,5,8,10,13,16,19H,4,6-7,9,11H2. The van der Waals surface area contributed by atoms with Crippen LogP contribution in [0.4, 0.5) is 0 Å². The SMILES string of the molecule is O=S(=O)(c1cccc2cnccc12)N1CC2CCNC2C12CC2. The van der Waals surface area contributed by atoms with Gasteiger partial charge in [0.05, 0.1) is 10.4 Å². The first-order valence-electron chi connectivity index (χ1n) is 8.22. The van der Waals surface area contributed by atoms with Gasteiger partial charge < -0.3 is 5.32 Å². The number of aromatic nitrogens is 1.